The number of fused-ring (bicyclic) bond motifs is 1. The first-order chi connectivity index (χ1) is 9.38. The van der Waals surface area contributed by atoms with Crippen molar-refractivity contribution in [2.45, 2.75) is 13.0 Å². The lowest BCUT2D eigenvalue weighted by molar-refractivity contribution is 0.282. The average molecular weight is 249 g/mol. The highest BCUT2D eigenvalue weighted by molar-refractivity contribution is 5.86. The molecule has 0 radical (unpaired) electrons. The molecule has 19 heavy (non-hydrogen) atoms. The van der Waals surface area contributed by atoms with E-state index in [9.17, 15) is 5.11 Å². The molecule has 2 nitrogen and oxygen atoms in total. The van der Waals surface area contributed by atoms with Crippen LogP contribution in [-0.2, 0) is 13.0 Å². The van der Waals surface area contributed by atoms with Crippen LogP contribution < -0.4 is 0 Å². The Balaban J connectivity index is 2.08. The summed E-state index contributed by atoms with van der Waals surface area (Å²) in [4.78, 5) is 4.14. The number of pyridine rings is 1. The van der Waals surface area contributed by atoms with Crippen molar-refractivity contribution in [1.29, 1.82) is 0 Å². The van der Waals surface area contributed by atoms with Gasteiger partial charge >= 0.3 is 0 Å². The zero-order valence-corrected chi connectivity index (χ0v) is 10.6. The Morgan fingerprint density at radius 3 is 2.63 bits per heavy atom. The van der Waals surface area contributed by atoms with Crippen LogP contribution in [0, 0.1) is 0 Å². The summed E-state index contributed by atoms with van der Waals surface area (Å²) in [6.45, 7) is 0.0664. The maximum atomic E-state index is 9.68. The van der Waals surface area contributed by atoms with E-state index in [0.717, 1.165) is 28.5 Å². The predicted octanol–water partition coefficient (Wildman–Crippen LogP) is 3.32. The van der Waals surface area contributed by atoms with Crippen molar-refractivity contribution >= 4 is 10.8 Å². The van der Waals surface area contributed by atoms with Gasteiger partial charge in [-0.2, -0.15) is 0 Å². The second kappa shape index (κ2) is 5.21. The van der Waals surface area contributed by atoms with E-state index in [0.29, 0.717) is 0 Å². The zero-order valence-electron chi connectivity index (χ0n) is 10.6. The Bertz CT molecular complexity index is 692. The minimum Gasteiger partial charge on any atom is -0.392 e. The zero-order chi connectivity index (χ0) is 13.1. The van der Waals surface area contributed by atoms with Gasteiger partial charge in [-0.05, 0) is 39.9 Å². The predicted molar refractivity (Wildman–Crippen MR) is 76.9 cm³/mol. The Labute approximate surface area is 112 Å². The molecule has 0 aliphatic rings. The van der Waals surface area contributed by atoms with Gasteiger partial charge in [0.25, 0.3) is 0 Å². The molecule has 1 aromatic heterocycles. The molecule has 0 bridgehead atoms. The minimum absolute atomic E-state index is 0.0664. The molecule has 0 fully saturated rings. The number of rotatable bonds is 3. The second-order valence-corrected chi connectivity index (χ2v) is 4.62. The van der Waals surface area contributed by atoms with Crippen molar-refractivity contribution < 1.29 is 5.11 Å². The van der Waals surface area contributed by atoms with Gasteiger partial charge in [-0.3, -0.25) is 4.98 Å². The first-order valence-electron chi connectivity index (χ1n) is 6.38. The summed E-state index contributed by atoms with van der Waals surface area (Å²) in [6, 6.07) is 16.4. The van der Waals surface area contributed by atoms with Gasteiger partial charge in [0.2, 0.25) is 0 Å². The van der Waals surface area contributed by atoms with Crippen LogP contribution in [0.1, 0.15) is 16.7 Å². The van der Waals surface area contributed by atoms with Gasteiger partial charge in [0.15, 0.2) is 0 Å². The molecule has 0 amide bonds. The van der Waals surface area contributed by atoms with Crippen LogP contribution in [0.3, 0.4) is 0 Å². The van der Waals surface area contributed by atoms with E-state index in [4.69, 9.17) is 0 Å². The molecule has 3 aromatic rings. The molecule has 2 heteroatoms. The van der Waals surface area contributed by atoms with E-state index in [1.807, 2.05) is 24.4 Å². The van der Waals surface area contributed by atoms with Crippen molar-refractivity contribution in [3.05, 3.63) is 77.6 Å². The smallest absolute Gasteiger partial charge is 0.0690 e. The molecule has 2 aromatic carbocycles. The summed E-state index contributed by atoms with van der Waals surface area (Å²) in [7, 11) is 0. The monoisotopic (exact) mass is 249 g/mol. The number of nitrogens with zero attached hydrogens (tertiary/aromatic N) is 1. The van der Waals surface area contributed by atoms with E-state index in [-0.39, 0.29) is 6.61 Å². The van der Waals surface area contributed by atoms with Crippen LogP contribution in [0.25, 0.3) is 10.8 Å². The Kier molecular flexibility index (Phi) is 3.25. The number of aromatic nitrogens is 1. The molecule has 3 rings (SSSR count). The number of aliphatic hydroxyl groups is 1. The molecule has 1 N–H and O–H groups in total. The van der Waals surface area contributed by atoms with E-state index in [1.165, 1.54) is 5.39 Å². The molecule has 1 heterocycles. The normalized spacial score (nSPS) is 10.8. The summed E-state index contributed by atoms with van der Waals surface area (Å²) < 4.78 is 0. The second-order valence-electron chi connectivity index (χ2n) is 4.62. The summed E-state index contributed by atoms with van der Waals surface area (Å²) in [5, 5.41) is 12.0. The van der Waals surface area contributed by atoms with Crippen molar-refractivity contribution in [2.75, 3.05) is 0 Å². The third kappa shape index (κ3) is 2.35. The lowest BCUT2D eigenvalue weighted by Gasteiger charge is -2.11. The number of aliphatic hydroxyl groups excluding tert-OH is 1. The van der Waals surface area contributed by atoms with Crippen LogP contribution in [0.4, 0.5) is 0 Å². The maximum Gasteiger partial charge on any atom is 0.0690 e. The summed E-state index contributed by atoms with van der Waals surface area (Å²) in [5.74, 6) is 0. The molecule has 0 saturated carbocycles. The minimum atomic E-state index is 0.0664. The lowest BCUT2D eigenvalue weighted by Crippen LogP contribution is -1.97. The average Bonchev–Trinajstić information content (AvgIpc) is 2.48. The fourth-order valence-electron chi connectivity index (χ4n) is 2.46. The van der Waals surface area contributed by atoms with E-state index in [1.54, 1.807) is 6.20 Å². The Hall–Kier alpha value is -2.19. The van der Waals surface area contributed by atoms with Gasteiger partial charge < -0.3 is 5.11 Å². The topological polar surface area (TPSA) is 33.1 Å². The molecular formula is C17H15NO. The third-order valence-electron chi connectivity index (χ3n) is 3.41. The SMILES string of the molecule is OCc1c(Cc2cccnc2)ccc2ccccc12. The first kappa shape index (κ1) is 11.9. The lowest BCUT2D eigenvalue weighted by atomic mass is 9.95. The molecule has 0 aliphatic carbocycles. The maximum absolute atomic E-state index is 9.68. The van der Waals surface area contributed by atoms with E-state index >= 15 is 0 Å². The summed E-state index contributed by atoms with van der Waals surface area (Å²) in [6.07, 6.45) is 4.45. The number of hydrogen-bond donors (Lipinski definition) is 1. The van der Waals surface area contributed by atoms with E-state index < -0.39 is 0 Å². The quantitative estimate of drug-likeness (QED) is 0.772. The van der Waals surface area contributed by atoms with Gasteiger partial charge in [-0.15, -0.1) is 0 Å². The number of hydrogen-bond acceptors (Lipinski definition) is 2. The van der Waals surface area contributed by atoms with Crippen LogP contribution in [-0.4, -0.2) is 10.1 Å². The van der Waals surface area contributed by atoms with Gasteiger partial charge in [-0.1, -0.05) is 42.5 Å². The Morgan fingerprint density at radius 2 is 1.84 bits per heavy atom. The van der Waals surface area contributed by atoms with Crippen molar-refractivity contribution in [3.8, 4) is 0 Å². The molecule has 0 atom stereocenters. The highest BCUT2D eigenvalue weighted by atomic mass is 16.3. The van der Waals surface area contributed by atoms with Crippen LogP contribution in [0.2, 0.25) is 0 Å². The van der Waals surface area contributed by atoms with Crippen LogP contribution in [0.15, 0.2) is 60.9 Å². The summed E-state index contributed by atoms with van der Waals surface area (Å²) in [5.41, 5.74) is 3.34. The van der Waals surface area contributed by atoms with Crippen molar-refractivity contribution in [3.63, 3.8) is 0 Å². The molecule has 0 aliphatic heterocycles. The van der Waals surface area contributed by atoms with Gasteiger partial charge in [0, 0.05) is 12.4 Å². The number of benzene rings is 2. The third-order valence-corrected chi connectivity index (χ3v) is 3.41. The molecule has 94 valence electrons. The highest BCUT2D eigenvalue weighted by Gasteiger charge is 2.07. The van der Waals surface area contributed by atoms with Gasteiger partial charge in [-0.25, -0.2) is 0 Å². The van der Waals surface area contributed by atoms with Gasteiger partial charge in [0.05, 0.1) is 6.61 Å². The molecule has 0 spiro atoms. The Morgan fingerprint density at radius 1 is 0.947 bits per heavy atom. The fraction of sp³-hybridized carbons (Fsp3) is 0.118. The van der Waals surface area contributed by atoms with Crippen molar-refractivity contribution in [2.24, 2.45) is 0 Å². The van der Waals surface area contributed by atoms with Gasteiger partial charge in [0.1, 0.15) is 0 Å². The van der Waals surface area contributed by atoms with Crippen molar-refractivity contribution in [1.82, 2.24) is 4.98 Å². The molecule has 0 saturated heterocycles. The van der Waals surface area contributed by atoms with E-state index in [2.05, 4.69) is 35.3 Å². The first-order valence-corrected chi connectivity index (χ1v) is 6.38. The highest BCUT2D eigenvalue weighted by Crippen LogP contribution is 2.24. The van der Waals surface area contributed by atoms with Crippen LogP contribution >= 0.6 is 0 Å². The largest absolute Gasteiger partial charge is 0.392 e. The standard InChI is InChI=1S/C17H15NO/c19-12-17-15(10-13-4-3-9-18-11-13)8-7-14-5-1-2-6-16(14)17/h1-9,11,19H,10,12H2. The molecule has 0 unspecified atom stereocenters. The molecular weight excluding hydrogens is 234 g/mol. The van der Waals surface area contributed by atoms with Crippen LogP contribution in [0.5, 0.6) is 0 Å². The summed E-state index contributed by atoms with van der Waals surface area (Å²) >= 11 is 0. The fourth-order valence-corrected chi connectivity index (χ4v) is 2.46.